The molecule has 0 bridgehead atoms. The number of carbonyl (C=O) groups excluding carboxylic acids is 1. The molecule has 4 N–H and O–H groups in total. The molecular weight excluding hydrogens is 404 g/mol. The van der Waals surface area contributed by atoms with E-state index in [1.807, 2.05) is 6.92 Å². The summed E-state index contributed by atoms with van der Waals surface area (Å²) < 4.78 is 5.66. The Kier molecular flexibility index (Phi) is 5.69. The topological polar surface area (TPSA) is 116 Å². The maximum absolute atomic E-state index is 12.8. The van der Waals surface area contributed by atoms with Crippen LogP contribution in [0, 0.1) is 5.41 Å². The zero-order valence-corrected chi connectivity index (χ0v) is 17.5. The molecule has 1 aliphatic heterocycles. The average molecular weight is 427 g/mol. The number of nitrogens with zero attached hydrogens (tertiary/aromatic N) is 2. The number of amides is 1. The third kappa shape index (κ3) is 3.88. The van der Waals surface area contributed by atoms with Crippen LogP contribution in [0.15, 0.2) is 30.6 Å². The normalized spacial score (nSPS) is 17.1. The van der Waals surface area contributed by atoms with Crippen LogP contribution in [0.3, 0.4) is 0 Å². The zero-order valence-electron chi connectivity index (χ0n) is 16.8. The van der Waals surface area contributed by atoms with Gasteiger partial charge in [-0.1, -0.05) is 11.6 Å². The highest BCUT2D eigenvalue weighted by Gasteiger charge is 2.25. The monoisotopic (exact) mass is 426 g/mol. The van der Waals surface area contributed by atoms with Crippen molar-refractivity contribution in [2.45, 2.75) is 31.9 Å². The molecular formula is C21H23ClN6O2. The van der Waals surface area contributed by atoms with Crippen LogP contribution < -0.4 is 10.6 Å². The van der Waals surface area contributed by atoms with Crippen molar-refractivity contribution >= 4 is 40.1 Å². The van der Waals surface area contributed by atoms with Crippen LogP contribution in [0.2, 0.25) is 5.02 Å². The Morgan fingerprint density at radius 2 is 2.23 bits per heavy atom. The lowest BCUT2D eigenvalue weighted by Crippen LogP contribution is -2.40. The first-order valence-corrected chi connectivity index (χ1v) is 10.2. The van der Waals surface area contributed by atoms with E-state index in [2.05, 4.69) is 25.6 Å². The Morgan fingerprint density at radius 1 is 1.40 bits per heavy atom. The predicted octanol–water partition coefficient (Wildman–Crippen LogP) is 3.37. The van der Waals surface area contributed by atoms with Crippen LogP contribution in [0.1, 0.15) is 41.4 Å². The molecule has 156 valence electrons. The van der Waals surface area contributed by atoms with Crippen LogP contribution >= 0.6 is 11.6 Å². The van der Waals surface area contributed by atoms with E-state index in [1.54, 1.807) is 31.4 Å². The van der Waals surface area contributed by atoms with E-state index in [1.165, 1.54) is 6.20 Å². The number of aromatic nitrogens is 3. The first kappa shape index (κ1) is 20.3. The van der Waals surface area contributed by atoms with Gasteiger partial charge in [0.15, 0.2) is 5.65 Å². The zero-order chi connectivity index (χ0) is 21.3. The van der Waals surface area contributed by atoms with E-state index >= 15 is 0 Å². The van der Waals surface area contributed by atoms with Crippen molar-refractivity contribution in [3.05, 3.63) is 52.4 Å². The Labute approximate surface area is 178 Å². The van der Waals surface area contributed by atoms with Gasteiger partial charge in [0, 0.05) is 36.1 Å². The molecule has 2 unspecified atom stereocenters. The summed E-state index contributed by atoms with van der Waals surface area (Å²) in [5.74, 6) is -0.246. The van der Waals surface area contributed by atoms with Crippen molar-refractivity contribution in [2.75, 3.05) is 19.0 Å². The summed E-state index contributed by atoms with van der Waals surface area (Å²) >= 11 is 6.06. The highest BCUT2D eigenvalue weighted by atomic mass is 35.5. The lowest BCUT2D eigenvalue weighted by molar-refractivity contribution is 0.0713. The van der Waals surface area contributed by atoms with Gasteiger partial charge in [-0.25, -0.2) is 9.97 Å². The minimum Gasteiger partial charge on any atom is -0.388 e. The van der Waals surface area contributed by atoms with Crippen molar-refractivity contribution in [1.29, 1.82) is 5.41 Å². The molecule has 0 radical (unpaired) electrons. The summed E-state index contributed by atoms with van der Waals surface area (Å²) in [7, 11) is 1.77. The number of aromatic amines is 1. The highest BCUT2D eigenvalue weighted by Crippen LogP contribution is 2.24. The minimum atomic E-state index is -0.246. The Morgan fingerprint density at radius 3 is 2.97 bits per heavy atom. The molecule has 8 nitrogen and oxygen atoms in total. The summed E-state index contributed by atoms with van der Waals surface area (Å²) in [6, 6.07) is 5.13. The lowest BCUT2D eigenvalue weighted by Gasteiger charge is -2.19. The summed E-state index contributed by atoms with van der Waals surface area (Å²) in [6.07, 6.45) is 5.08. The van der Waals surface area contributed by atoms with Gasteiger partial charge in [-0.3, -0.25) is 10.2 Å². The van der Waals surface area contributed by atoms with Crippen molar-refractivity contribution in [3.63, 3.8) is 0 Å². The summed E-state index contributed by atoms with van der Waals surface area (Å²) in [5.41, 5.74) is 3.21. The standard InChI is InChI=1S/C21H23ClN6O2/c1-11(17-4-3-7-30-17)27-21(29)14-9-25-20-19(14)28-16(10-26-20)18(23)13-6-5-12(22)8-15(13)24-2/h5-6,8-11,17,23-24H,3-4,7H2,1-2H3,(H,25,26)(H,27,29). The molecule has 3 heterocycles. The maximum Gasteiger partial charge on any atom is 0.255 e. The molecule has 2 aromatic heterocycles. The largest absolute Gasteiger partial charge is 0.388 e. The van der Waals surface area contributed by atoms with Crippen LogP contribution in [0.4, 0.5) is 5.69 Å². The maximum atomic E-state index is 12.8. The second kappa shape index (κ2) is 8.41. The number of nitrogens with one attached hydrogen (secondary N) is 4. The summed E-state index contributed by atoms with van der Waals surface area (Å²) in [4.78, 5) is 24.7. The molecule has 1 aliphatic rings. The van der Waals surface area contributed by atoms with E-state index in [9.17, 15) is 4.79 Å². The predicted molar refractivity (Wildman–Crippen MR) is 117 cm³/mol. The molecule has 1 saturated heterocycles. The number of carbonyl (C=O) groups is 1. The quantitative estimate of drug-likeness (QED) is 0.451. The third-order valence-corrected chi connectivity index (χ3v) is 5.52. The molecule has 0 saturated carbocycles. The fraction of sp³-hybridized carbons (Fsp3) is 0.333. The highest BCUT2D eigenvalue weighted by molar-refractivity contribution is 6.31. The molecule has 0 spiro atoms. The van der Waals surface area contributed by atoms with Gasteiger partial charge in [0.25, 0.3) is 5.91 Å². The second-order valence-corrected chi connectivity index (χ2v) is 7.72. The number of hydrogen-bond donors (Lipinski definition) is 4. The van der Waals surface area contributed by atoms with Crippen LogP contribution in [-0.4, -0.2) is 52.4 Å². The molecule has 4 rings (SSSR count). The van der Waals surface area contributed by atoms with Gasteiger partial charge in [0.2, 0.25) is 0 Å². The van der Waals surface area contributed by atoms with E-state index < -0.39 is 0 Å². The van der Waals surface area contributed by atoms with E-state index in [0.29, 0.717) is 38.7 Å². The Balaban J connectivity index is 1.63. The van der Waals surface area contributed by atoms with E-state index in [0.717, 1.165) is 19.4 Å². The van der Waals surface area contributed by atoms with Gasteiger partial charge in [-0.15, -0.1) is 0 Å². The molecule has 2 atom stereocenters. The first-order valence-electron chi connectivity index (χ1n) is 9.81. The number of rotatable bonds is 6. The molecule has 9 heteroatoms. The van der Waals surface area contributed by atoms with E-state index in [-0.39, 0.29) is 23.8 Å². The fourth-order valence-electron chi connectivity index (χ4n) is 3.64. The molecule has 1 aromatic carbocycles. The van der Waals surface area contributed by atoms with Crippen molar-refractivity contribution in [3.8, 4) is 0 Å². The number of benzene rings is 1. The number of anilines is 1. The number of H-pyrrole nitrogens is 1. The molecule has 1 amide bonds. The van der Waals surface area contributed by atoms with Gasteiger partial charge in [0.05, 0.1) is 29.6 Å². The van der Waals surface area contributed by atoms with E-state index in [4.69, 9.17) is 21.7 Å². The molecule has 0 aliphatic carbocycles. The van der Waals surface area contributed by atoms with Crippen molar-refractivity contribution in [2.24, 2.45) is 0 Å². The Hall–Kier alpha value is -2.97. The van der Waals surface area contributed by atoms with Gasteiger partial charge >= 0.3 is 0 Å². The van der Waals surface area contributed by atoms with Crippen LogP contribution in [0.5, 0.6) is 0 Å². The molecule has 3 aromatic rings. The third-order valence-electron chi connectivity index (χ3n) is 5.28. The van der Waals surface area contributed by atoms with Crippen LogP contribution in [0.25, 0.3) is 11.2 Å². The summed E-state index contributed by atoms with van der Waals surface area (Å²) in [5, 5.41) is 15.2. The number of fused-ring (bicyclic) bond motifs is 1. The van der Waals surface area contributed by atoms with Gasteiger partial charge in [-0.2, -0.15) is 0 Å². The smallest absolute Gasteiger partial charge is 0.255 e. The first-order chi connectivity index (χ1) is 14.5. The fourth-order valence-corrected chi connectivity index (χ4v) is 3.81. The Bertz CT molecular complexity index is 1110. The SMILES string of the molecule is CNc1cc(Cl)ccc1C(=N)c1cnc2[nH]cc(C(=O)NC(C)C3CCCO3)c2n1. The van der Waals surface area contributed by atoms with Crippen molar-refractivity contribution < 1.29 is 9.53 Å². The lowest BCUT2D eigenvalue weighted by atomic mass is 10.1. The number of ether oxygens (including phenoxy) is 1. The average Bonchev–Trinajstić information content (AvgIpc) is 3.42. The minimum absolute atomic E-state index is 0.0267. The van der Waals surface area contributed by atoms with Crippen molar-refractivity contribution in [1.82, 2.24) is 20.3 Å². The second-order valence-electron chi connectivity index (χ2n) is 7.28. The summed E-state index contributed by atoms with van der Waals surface area (Å²) in [6.45, 7) is 2.67. The molecule has 1 fully saturated rings. The van der Waals surface area contributed by atoms with Crippen LogP contribution in [-0.2, 0) is 4.74 Å². The van der Waals surface area contributed by atoms with Gasteiger partial charge in [-0.05, 0) is 38.0 Å². The molecule has 30 heavy (non-hydrogen) atoms. The van der Waals surface area contributed by atoms with Gasteiger partial charge < -0.3 is 20.4 Å². The van der Waals surface area contributed by atoms with Gasteiger partial charge in [0.1, 0.15) is 11.2 Å². The number of hydrogen-bond acceptors (Lipinski definition) is 6. The number of halogens is 1.